The minimum absolute atomic E-state index is 0.0273. The number of nitrogens with one attached hydrogen (secondary N) is 1. The molecular weight excluding hydrogens is 494 g/mol. The first-order valence-corrected chi connectivity index (χ1v) is 13.5. The van der Waals surface area contributed by atoms with E-state index in [1.54, 1.807) is 20.8 Å². The van der Waals surface area contributed by atoms with Crippen LogP contribution in [0.5, 0.6) is 0 Å². The van der Waals surface area contributed by atoms with Crippen molar-refractivity contribution < 1.29 is 24.2 Å². The molecule has 0 aliphatic rings. The van der Waals surface area contributed by atoms with Crippen LogP contribution in [0.15, 0.2) is 60.7 Å². The number of amides is 3. The largest absolute Gasteiger partial charge is 0.444 e. The quantitative estimate of drug-likeness (QED) is 0.395. The lowest BCUT2D eigenvalue weighted by molar-refractivity contribution is -0.149. The maximum absolute atomic E-state index is 13.9. The van der Waals surface area contributed by atoms with Gasteiger partial charge in [0.2, 0.25) is 11.8 Å². The van der Waals surface area contributed by atoms with E-state index in [-0.39, 0.29) is 30.8 Å². The Morgan fingerprint density at radius 3 is 1.87 bits per heavy atom. The number of aliphatic hydroxyl groups is 1. The number of aliphatic hydroxyl groups excluding tert-OH is 1. The van der Waals surface area contributed by atoms with Gasteiger partial charge in [0, 0.05) is 12.5 Å². The van der Waals surface area contributed by atoms with Gasteiger partial charge in [0.15, 0.2) is 0 Å². The number of carbonyl (C=O) groups excluding carboxylic acids is 3. The lowest BCUT2D eigenvalue weighted by atomic mass is 9.87. The molecule has 3 amide bonds. The van der Waals surface area contributed by atoms with Gasteiger partial charge in [-0.15, -0.1) is 0 Å². The predicted octanol–water partition coefficient (Wildman–Crippen LogP) is 4.09. The molecule has 0 saturated heterocycles. The summed E-state index contributed by atoms with van der Waals surface area (Å²) in [5.74, 6) is -1.58. The van der Waals surface area contributed by atoms with Crippen LogP contribution in [0.1, 0.15) is 59.1 Å². The summed E-state index contributed by atoms with van der Waals surface area (Å²) in [4.78, 5) is 40.6. The van der Waals surface area contributed by atoms with Gasteiger partial charge in [-0.1, -0.05) is 81.4 Å². The first-order chi connectivity index (χ1) is 18.2. The number of carbonyl (C=O) groups is 3. The second-order valence-electron chi connectivity index (χ2n) is 12.2. The van der Waals surface area contributed by atoms with E-state index in [0.29, 0.717) is 12.8 Å². The number of alkyl carbamates (subject to hydrolysis) is 1. The summed E-state index contributed by atoms with van der Waals surface area (Å²) in [6.45, 7) is 11.0. The Morgan fingerprint density at radius 1 is 0.897 bits per heavy atom. The van der Waals surface area contributed by atoms with Gasteiger partial charge in [-0.3, -0.25) is 14.5 Å². The molecule has 0 aromatic heterocycles. The lowest BCUT2D eigenvalue weighted by Crippen LogP contribution is -2.51. The Balaban J connectivity index is 2.38. The summed E-state index contributed by atoms with van der Waals surface area (Å²) in [6.07, 6.45) is -1.07. The van der Waals surface area contributed by atoms with Crippen LogP contribution in [0, 0.1) is 11.3 Å². The van der Waals surface area contributed by atoms with Crippen molar-refractivity contribution in [3.63, 3.8) is 0 Å². The Labute approximate surface area is 232 Å². The molecule has 39 heavy (non-hydrogen) atoms. The van der Waals surface area contributed by atoms with Gasteiger partial charge in [-0.05, 0) is 56.6 Å². The summed E-state index contributed by atoms with van der Waals surface area (Å²) in [7, 11) is 0. The molecule has 3 atom stereocenters. The van der Waals surface area contributed by atoms with Gasteiger partial charge in [-0.2, -0.15) is 0 Å². The Kier molecular flexibility index (Phi) is 11.7. The van der Waals surface area contributed by atoms with Crippen LogP contribution in [0.4, 0.5) is 4.79 Å². The average Bonchev–Trinajstić information content (AvgIpc) is 2.85. The molecule has 0 radical (unpaired) electrons. The van der Waals surface area contributed by atoms with E-state index >= 15 is 0 Å². The topological polar surface area (TPSA) is 122 Å². The number of ether oxygens (including phenoxy) is 1. The lowest BCUT2D eigenvalue weighted by Gasteiger charge is -2.33. The normalized spacial score (nSPS) is 14.2. The number of nitrogens with two attached hydrogens (primary N) is 1. The standard InChI is InChI=1S/C31H45N3O5/c1-30(2,3)21-34(27(36)20-32)28(37)24(17-22-13-9-7-10-14-22)19-26(35)25(18-23-15-11-8-12-16-23)33-29(38)39-31(4,5)6/h7-16,24-26,35H,17-21,32H2,1-6H3,(H,33,38)/t24-,25+,26+/m1/s1. The van der Waals surface area contributed by atoms with Crippen LogP contribution < -0.4 is 11.1 Å². The zero-order valence-electron chi connectivity index (χ0n) is 24.1. The molecule has 2 aromatic rings. The monoisotopic (exact) mass is 539 g/mol. The van der Waals surface area contributed by atoms with E-state index in [1.165, 1.54) is 4.90 Å². The van der Waals surface area contributed by atoms with Gasteiger partial charge in [0.05, 0.1) is 18.7 Å². The maximum Gasteiger partial charge on any atom is 0.407 e. The fourth-order valence-corrected chi connectivity index (χ4v) is 4.33. The van der Waals surface area contributed by atoms with Crippen molar-refractivity contribution >= 4 is 17.9 Å². The molecule has 0 unspecified atom stereocenters. The third-order valence-electron chi connectivity index (χ3n) is 6.04. The molecule has 0 bridgehead atoms. The van der Waals surface area contributed by atoms with Crippen LogP contribution >= 0.6 is 0 Å². The van der Waals surface area contributed by atoms with Crippen molar-refractivity contribution in [2.45, 2.75) is 78.6 Å². The molecule has 0 aliphatic carbocycles. The SMILES string of the molecule is CC(C)(C)CN(C(=O)CN)C(=O)[C@H](Cc1ccccc1)C[C@H](O)[C@H](Cc1ccccc1)NC(=O)OC(C)(C)C. The van der Waals surface area contributed by atoms with Crippen molar-refractivity contribution in [1.82, 2.24) is 10.2 Å². The maximum atomic E-state index is 13.9. The van der Waals surface area contributed by atoms with Crippen molar-refractivity contribution in [3.05, 3.63) is 71.8 Å². The fraction of sp³-hybridized carbons (Fsp3) is 0.516. The molecule has 0 aliphatic heterocycles. The molecule has 2 aromatic carbocycles. The molecule has 4 N–H and O–H groups in total. The highest BCUT2D eigenvalue weighted by Crippen LogP contribution is 2.24. The molecule has 8 heteroatoms. The Bertz CT molecular complexity index is 1060. The van der Waals surface area contributed by atoms with E-state index in [0.717, 1.165) is 11.1 Å². The van der Waals surface area contributed by atoms with E-state index in [1.807, 2.05) is 81.4 Å². The minimum Gasteiger partial charge on any atom is -0.444 e. The van der Waals surface area contributed by atoms with Crippen LogP contribution in [0.3, 0.4) is 0 Å². The number of hydrogen-bond acceptors (Lipinski definition) is 6. The third kappa shape index (κ3) is 11.6. The fourth-order valence-electron chi connectivity index (χ4n) is 4.33. The smallest absolute Gasteiger partial charge is 0.407 e. The van der Waals surface area contributed by atoms with E-state index in [4.69, 9.17) is 10.5 Å². The average molecular weight is 540 g/mol. The summed E-state index contributed by atoms with van der Waals surface area (Å²) in [5, 5.41) is 14.3. The Hall–Kier alpha value is -3.23. The van der Waals surface area contributed by atoms with E-state index < -0.39 is 35.7 Å². The second kappa shape index (κ2) is 14.2. The molecule has 2 rings (SSSR count). The molecule has 0 fully saturated rings. The number of hydrogen-bond donors (Lipinski definition) is 3. The molecule has 8 nitrogen and oxygen atoms in total. The van der Waals surface area contributed by atoms with E-state index in [2.05, 4.69) is 5.32 Å². The molecule has 0 saturated carbocycles. The third-order valence-corrected chi connectivity index (χ3v) is 6.04. The molecule has 214 valence electrons. The molecular formula is C31H45N3O5. The van der Waals surface area contributed by atoms with Crippen LogP contribution in [-0.2, 0) is 27.2 Å². The van der Waals surface area contributed by atoms with Crippen molar-refractivity contribution in [3.8, 4) is 0 Å². The molecule has 0 spiro atoms. The summed E-state index contributed by atoms with van der Waals surface area (Å²) < 4.78 is 5.45. The van der Waals surface area contributed by atoms with Gasteiger partial charge < -0.3 is 20.9 Å². The first-order valence-electron chi connectivity index (χ1n) is 13.5. The summed E-state index contributed by atoms with van der Waals surface area (Å²) in [6, 6.07) is 18.2. The van der Waals surface area contributed by atoms with Crippen LogP contribution in [0.2, 0.25) is 0 Å². The van der Waals surface area contributed by atoms with Crippen molar-refractivity contribution in [2.24, 2.45) is 17.1 Å². The van der Waals surface area contributed by atoms with Gasteiger partial charge in [0.1, 0.15) is 5.60 Å². The zero-order chi connectivity index (χ0) is 29.2. The zero-order valence-corrected chi connectivity index (χ0v) is 24.1. The number of rotatable bonds is 11. The highest BCUT2D eigenvalue weighted by Gasteiger charge is 2.35. The predicted molar refractivity (Wildman–Crippen MR) is 153 cm³/mol. The number of imide groups is 1. The van der Waals surface area contributed by atoms with E-state index in [9.17, 15) is 19.5 Å². The first kappa shape index (κ1) is 32.0. The Morgan fingerprint density at radius 2 is 1.41 bits per heavy atom. The molecule has 0 heterocycles. The minimum atomic E-state index is -1.10. The van der Waals surface area contributed by atoms with Gasteiger partial charge in [-0.25, -0.2) is 4.79 Å². The second-order valence-corrected chi connectivity index (χ2v) is 12.2. The van der Waals surface area contributed by atoms with Crippen LogP contribution in [0.25, 0.3) is 0 Å². The van der Waals surface area contributed by atoms with Crippen molar-refractivity contribution in [1.29, 1.82) is 0 Å². The summed E-state index contributed by atoms with van der Waals surface area (Å²) >= 11 is 0. The van der Waals surface area contributed by atoms with Crippen molar-refractivity contribution in [2.75, 3.05) is 13.1 Å². The highest BCUT2D eigenvalue weighted by molar-refractivity contribution is 5.97. The van der Waals surface area contributed by atoms with Crippen LogP contribution in [-0.4, -0.2) is 58.8 Å². The number of benzene rings is 2. The van der Waals surface area contributed by atoms with Gasteiger partial charge in [0.25, 0.3) is 0 Å². The number of nitrogens with zero attached hydrogens (tertiary/aromatic N) is 1. The summed E-state index contributed by atoms with van der Waals surface area (Å²) in [5.41, 5.74) is 6.43. The van der Waals surface area contributed by atoms with Gasteiger partial charge >= 0.3 is 6.09 Å². The highest BCUT2D eigenvalue weighted by atomic mass is 16.6.